The van der Waals surface area contributed by atoms with E-state index in [1.54, 1.807) is 31.6 Å². The predicted octanol–water partition coefficient (Wildman–Crippen LogP) is 7.57. The molecule has 2 unspecified atom stereocenters. The number of hydrogen-bond donors (Lipinski definition) is 1. The molecule has 0 bridgehead atoms. The van der Waals surface area contributed by atoms with Crippen molar-refractivity contribution in [2.24, 2.45) is 0 Å². The van der Waals surface area contributed by atoms with E-state index in [-0.39, 0.29) is 35.8 Å². The first kappa shape index (κ1) is 35.2. The molecule has 1 N–H and O–H groups in total. The number of likely N-dealkylation sites (N-methyl/N-ethyl adjacent to an activating group) is 1. The van der Waals surface area contributed by atoms with Gasteiger partial charge in [-0.2, -0.15) is 0 Å². The summed E-state index contributed by atoms with van der Waals surface area (Å²) in [5.41, 5.74) is 2.06. The molecule has 2 atom stereocenters. The van der Waals surface area contributed by atoms with Crippen LogP contribution in [0.15, 0.2) is 107 Å². The summed E-state index contributed by atoms with van der Waals surface area (Å²) < 4.78 is 58.9. The minimum Gasteiger partial charge on any atom is -0.496 e. The van der Waals surface area contributed by atoms with Crippen molar-refractivity contribution in [3.63, 3.8) is 0 Å². The molecule has 50 heavy (non-hydrogen) atoms. The lowest BCUT2D eigenvalue weighted by atomic mass is 9.80. The van der Waals surface area contributed by atoms with Gasteiger partial charge in [-0.15, -0.1) is 0 Å². The van der Waals surface area contributed by atoms with Crippen LogP contribution in [0.3, 0.4) is 0 Å². The molecule has 2 aromatic heterocycles. The molecule has 0 saturated heterocycles. The van der Waals surface area contributed by atoms with E-state index < -0.39 is 15.4 Å². The van der Waals surface area contributed by atoms with Crippen LogP contribution in [0.5, 0.6) is 11.5 Å². The topological polar surface area (TPSA) is 116 Å². The van der Waals surface area contributed by atoms with Crippen LogP contribution in [0.25, 0.3) is 10.9 Å². The van der Waals surface area contributed by atoms with Gasteiger partial charge in [-0.1, -0.05) is 25.1 Å². The molecule has 1 aliphatic heterocycles. The van der Waals surface area contributed by atoms with Crippen LogP contribution in [0.4, 0.5) is 15.9 Å². The number of benzene rings is 3. The number of anilines is 2. The van der Waals surface area contributed by atoms with Crippen molar-refractivity contribution in [3.8, 4) is 11.5 Å². The average Bonchev–Trinajstić information content (AvgIpc) is 3.61. The van der Waals surface area contributed by atoms with Crippen LogP contribution < -0.4 is 14.8 Å². The number of pyridine rings is 1. The Morgan fingerprint density at radius 1 is 1.06 bits per heavy atom. The van der Waals surface area contributed by atoms with E-state index >= 15 is 0 Å². The van der Waals surface area contributed by atoms with Crippen molar-refractivity contribution >= 4 is 48.2 Å². The highest BCUT2D eigenvalue weighted by atomic mass is 79.9. The number of fused-ring (bicyclic) bond motifs is 1. The third-order valence-electron chi connectivity index (χ3n) is 8.81. The van der Waals surface area contributed by atoms with Gasteiger partial charge in [0.25, 0.3) is 0 Å². The Hall–Kier alpha value is -4.59. The van der Waals surface area contributed by atoms with E-state index in [1.807, 2.05) is 54.4 Å². The fourth-order valence-corrected chi connectivity index (χ4v) is 8.10. The summed E-state index contributed by atoms with van der Waals surface area (Å²) in [4.78, 5) is 15.2. The molecular formula is C37H37BrFN5O5S. The van der Waals surface area contributed by atoms with Crippen molar-refractivity contribution in [2.45, 2.75) is 43.0 Å². The molecule has 0 radical (unpaired) electrons. The van der Waals surface area contributed by atoms with Gasteiger partial charge in [0.05, 0.1) is 35.2 Å². The Bertz CT molecular complexity index is 2110. The SMILES string of the molecule is CCC(N(C)CCS(=O)(=O)c1ccccn1)C1(c2cc3c(Nc4ccc(OCc5cccc(F)c5)c(Br)c4)ncnc3cc2OC)CC=CO1. The standard InChI is InChI=1S/C37H37BrFN5O5S/c1-4-34(44(2)16-18-50(45,46)35-11-5-6-15-40-35)37(14-8-17-49-37)29-21-28-31(22-33(29)47-3)41-24-42-36(28)43-27-12-13-32(30(38)20-27)48-23-25-9-7-10-26(39)19-25/h5-13,15,17,19-22,24,34H,4,14,16,18,23H2,1-3H3,(H,41,42,43). The third kappa shape index (κ3) is 7.44. The van der Waals surface area contributed by atoms with Gasteiger partial charge in [-0.05, 0) is 89.6 Å². The molecule has 3 aromatic carbocycles. The molecule has 0 amide bonds. The smallest absolute Gasteiger partial charge is 0.196 e. The highest BCUT2D eigenvalue weighted by Crippen LogP contribution is 2.47. The number of nitrogens with zero attached hydrogens (tertiary/aromatic N) is 4. The van der Waals surface area contributed by atoms with Gasteiger partial charge in [-0.25, -0.2) is 27.8 Å². The average molecular weight is 763 g/mol. The Kier molecular flexibility index (Phi) is 10.7. The van der Waals surface area contributed by atoms with E-state index in [4.69, 9.17) is 14.2 Å². The van der Waals surface area contributed by atoms with Crippen molar-refractivity contribution in [3.05, 3.63) is 119 Å². The highest BCUT2D eigenvalue weighted by molar-refractivity contribution is 9.10. The molecule has 0 spiro atoms. The number of nitrogens with one attached hydrogen (secondary N) is 1. The Morgan fingerprint density at radius 3 is 2.62 bits per heavy atom. The van der Waals surface area contributed by atoms with Gasteiger partial charge in [-0.3, -0.25) is 4.90 Å². The molecule has 5 aromatic rings. The van der Waals surface area contributed by atoms with Crippen LogP contribution in [0, 0.1) is 5.82 Å². The van der Waals surface area contributed by atoms with Gasteiger partial charge in [0.2, 0.25) is 0 Å². The molecule has 10 nitrogen and oxygen atoms in total. The predicted molar refractivity (Wildman–Crippen MR) is 194 cm³/mol. The zero-order valence-corrected chi connectivity index (χ0v) is 30.2. The summed E-state index contributed by atoms with van der Waals surface area (Å²) in [7, 11) is -0.0623. The number of ether oxygens (including phenoxy) is 3. The van der Waals surface area contributed by atoms with E-state index in [2.05, 4.69) is 43.1 Å². The second-order valence-electron chi connectivity index (χ2n) is 12.0. The number of aromatic nitrogens is 3. The molecule has 0 saturated carbocycles. The number of hydrogen-bond acceptors (Lipinski definition) is 10. The number of halogens is 2. The first-order valence-electron chi connectivity index (χ1n) is 16.1. The summed E-state index contributed by atoms with van der Waals surface area (Å²) in [6.45, 7) is 2.55. The van der Waals surface area contributed by atoms with Gasteiger partial charge < -0.3 is 19.5 Å². The summed E-state index contributed by atoms with van der Waals surface area (Å²) in [6.07, 6.45) is 7.86. The zero-order chi connectivity index (χ0) is 35.3. The highest BCUT2D eigenvalue weighted by Gasteiger charge is 2.47. The Labute approximate surface area is 299 Å². The van der Waals surface area contributed by atoms with Crippen molar-refractivity contribution in [1.82, 2.24) is 19.9 Å². The maximum atomic E-state index is 13.6. The first-order chi connectivity index (χ1) is 24.1. The van der Waals surface area contributed by atoms with E-state index in [0.717, 1.165) is 22.2 Å². The van der Waals surface area contributed by atoms with E-state index in [0.29, 0.717) is 40.1 Å². The molecule has 260 valence electrons. The van der Waals surface area contributed by atoms with Crippen LogP contribution in [0.1, 0.15) is 30.9 Å². The minimum absolute atomic E-state index is 0.0595. The Balaban J connectivity index is 1.28. The largest absolute Gasteiger partial charge is 0.496 e. The molecule has 0 fully saturated rings. The third-order valence-corrected chi connectivity index (χ3v) is 11.0. The normalized spacial score (nSPS) is 16.4. The second-order valence-corrected chi connectivity index (χ2v) is 14.9. The fraction of sp³-hybridized carbons (Fsp3) is 0.270. The van der Waals surface area contributed by atoms with E-state index in [1.165, 1.54) is 30.7 Å². The maximum Gasteiger partial charge on any atom is 0.196 e. The van der Waals surface area contributed by atoms with Crippen LogP contribution in [-0.2, 0) is 26.8 Å². The minimum atomic E-state index is -3.59. The molecule has 13 heteroatoms. The van der Waals surface area contributed by atoms with Crippen LogP contribution >= 0.6 is 15.9 Å². The van der Waals surface area contributed by atoms with Crippen LogP contribution in [-0.4, -0.2) is 60.8 Å². The number of methoxy groups -OCH3 is 1. The summed E-state index contributed by atoms with van der Waals surface area (Å²) in [5, 5.41) is 4.22. The summed E-state index contributed by atoms with van der Waals surface area (Å²) in [5.74, 6) is 1.37. The molecule has 3 heterocycles. The number of rotatable bonds is 14. The van der Waals surface area contributed by atoms with Gasteiger partial charge in [0.1, 0.15) is 36.1 Å². The lowest BCUT2D eigenvalue weighted by Gasteiger charge is -2.42. The Morgan fingerprint density at radius 2 is 1.92 bits per heavy atom. The summed E-state index contributed by atoms with van der Waals surface area (Å²) in [6, 6.07) is 20.4. The molecule has 6 rings (SSSR count). The van der Waals surface area contributed by atoms with Crippen LogP contribution in [0.2, 0.25) is 0 Å². The zero-order valence-electron chi connectivity index (χ0n) is 27.8. The lowest BCUT2D eigenvalue weighted by Crippen LogP contribution is -2.50. The van der Waals surface area contributed by atoms with Crippen molar-refractivity contribution in [2.75, 3.05) is 31.8 Å². The first-order valence-corrected chi connectivity index (χ1v) is 18.5. The quantitative estimate of drug-likeness (QED) is 0.122. The molecular weight excluding hydrogens is 725 g/mol. The van der Waals surface area contributed by atoms with Crippen molar-refractivity contribution in [1.29, 1.82) is 0 Å². The maximum absolute atomic E-state index is 13.6. The van der Waals surface area contributed by atoms with Gasteiger partial charge >= 0.3 is 0 Å². The monoisotopic (exact) mass is 761 g/mol. The molecule has 0 aliphatic carbocycles. The lowest BCUT2D eigenvalue weighted by molar-refractivity contribution is -0.0411. The second kappa shape index (κ2) is 15.1. The fourth-order valence-electron chi connectivity index (χ4n) is 6.36. The van der Waals surface area contributed by atoms with E-state index in [9.17, 15) is 12.8 Å². The van der Waals surface area contributed by atoms with Gasteiger partial charge in [0.15, 0.2) is 20.5 Å². The molecule has 1 aliphatic rings. The van der Waals surface area contributed by atoms with Crippen molar-refractivity contribution < 1.29 is 27.0 Å². The number of sulfone groups is 1. The van der Waals surface area contributed by atoms with Gasteiger partial charge in [0, 0.05) is 41.9 Å². The summed E-state index contributed by atoms with van der Waals surface area (Å²) >= 11 is 3.60.